The fraction of sp³-hybridized carbons (Fsp3) is 0. The quantitative estimate of drug-likeness (QED) is 0.598. The Kier molecular flexibility index (Phi) is 4.46. The zero-order valence-corrected chi connectivity index (χ0v) is 10.4. The summed E-state index contributed by atoms with van der Waals surface area (Å²) in [6.07, 6.45) is 1.56. The van der Waals surface area contributed by atoms with Crippen LogP contribution in [0.3, 0.4) is 0 Å². The van der Waals surface area contributed by atoms with Gasteiger partial charge in [0.2, 0.25) is 0 Å². The van der Waals surface area contributed by atoms with Crippen molar-refractivity contribution in [2.75, 3.05) is 5.32 Å². The van der Waals surface area contributed by atoms with Crippen molar-refractivity contribution in [2.45, 2.75) is 0 Å². The number of nitrogens with zero attached hydrogens (tertiary/aromatic N) is 1. The number of hydrogen-bond acceptors (Lipinski definition) is 5. The smallest absolute Gasteiger partial charge is 0.508 e. The average molecular weight is 270 g/mol. The van der Waals surface area contributed by atoms with Crippen LogP contribution < -0.4 is 10.8 Å². The summed E-state index contributed by atoms with van der Waals surface area (Å²) < 4.78 is 4.41. The number of carbonyl (C=O) groups excluding carboxylic acids is 2. The SMILES string of the molecule is O=COB(O)c1cccc(C(=O)Nc2ccccn2)c1. The molecule has 0 fully saturated rings. The van der Waals surface area contributed by atoms with Gasteiger partial charge in [-0.25, -0.2) is 4.98 Å². The number of amides is 1. The van der Waals surface area contributed by atoms with Crippen LogP contribution in [-0.4, -0.2) is 29.5 Å². The van der Waals surface area contributed by atoms with Gasteiger partial charge in [-0.15, -0.1) is 0 Å². The molecular weight excluding hydrogens is 259 g/mol. The summed E-state index contributed by atoms with van der Waals surface area (Å²) in [6.45, 7) is 0.144. The molecule has 2 aromatic rings. The Morgan fingerprint density at radius 3 is 2.85 bits per heavy atom. The largest absolute Gasteiger partial charge is 0.561 e. The van der Waals surface area contributed by atoms with E-state index in [1.165, 1.54) is 6.07 Å². The highest BCUT2D eigenvalue weighted by Gasteiger charge is 2.19. The van der Waals surface area contributed by atoms with Crippen molar-refractivity contribution in [3.63, 3.8) is 0 Å². The van der Waals surface area contributed by atoms with Crippen molar-refractivity contribution in [1.29, 1.82) is 0 Å². The van der Waals surface area contributed by atoms with E-state index in [-0.39, 0.29) is 12.4 Å². The second kappa shape index (κ2) is 6.49. The predicted octanol–water partition coefficient (Wildman–Crippen LogP) is 0.194. The fourth-order valence-corrected chi connectivity index (χ4v) is 1.59. The van der Waals surface area contributed by atoms with Gasteiger partial charge in [-0.1, -0.05) is 18.2 Å². The Balaban J connectivity index is 2.14. The number of benzene rings is 1. The number of aromatic nitrogens is 1. The first-order chi connectivity index (χ1) is 9.70. The normalized spacial score (nSPS) is 9.65. The summed E-state index contributed by atoms with van der Waals surface area (Å²) in [7, 11) is -1.39. The zero-order valence-electron chi connectivity index (χ0n) is 10.4. The number of rotatable bonds is 5. The third kappa shape index (κ3) is 3.42. The van der Waals surface area contributed by atoms with Gasteiger partial charge in [0.25, 0.3) is 12.4 Å². The molecule has 0 unspecified atom stereocenters. The second-order valence-corrected chi connectivity index (χ2v) is 3.88. The lowest BCUT2D eigenvalue weighted by Crippen LogP contribution is -2.34. The number of anilines is 1. The molecule has 20 heavy (non-hydrogen) atoms. The number of nitrogens with one attached hydrogen (secondary N) is 1. The predicted molar refractivity (Wildman–Crippen MR) is 73.4 cm³/mol. The van der Waals surface area contributed by atoms with Crippen molar-refractivity contribution in [3.8, 4) is 0 Å². The molecule has 100 valence electrons. The number of carbonyl (C=O) groups is 2. The molecule has 0 saturated heterocycles. The second-order valence-electron chi connectivity index (χ2n) is 3.88. The van der Waals surface area contributed by atoms with E-state index >= 15 is 0 Å². The van der Waals surface area contributed by atoms with Crippen molar-refractivity contribution < 1.29 is 19.3 Å². The molecule has 0 aliphatic rings. The van der Waals surface area contributed by atoms with Gasteiger partial charge in [0.05, 0.1) is 0 Å². The first-order valence-corrected chi connectivity index (χ1v) is 5.80. The molecule has 0 atom stereocenters. The topological polar surface area (TPSA) is 88.5 Å². The highest BCUT2D eigenvalue weighted by atomic mass is 16.5. The molecule has 1 heterocycles. The molecule has 0 spiro atoms. The maximum atomic E-state index is 12.0. The van der Waals surface area contributed by atoms with Gasteiger partial charge >= 0.3 is 7.12 Å². The lowest BCUT2D eigenvalue weighted by Gasteiger charge is -2.07. The Morgan fingerprint density at radius 2 is 2.15 bits per heavy atom. The maximum Gasteiger partial charge on any atom is 0.561 e. The van der Waals surface area contributed by atoms with Crippen LogP contribution in [0.1, 0.15) is 10.4 Å². The molecule has 0 saturated carbocycles. The first kappa shape index (κ1) is 13.8. The third-order valence-electron chi connectivity index (χ3n) is 2.52. The Bertz CT molecular complexity index is 606. The lowest BCUT2D eigenvalue weighted by atomic mass is 9.79. The van der Waals surface area contributed by atoms with Crippen molar-refractivity contribution >= 4 is 30.8 Å². The van der Waals surface area contributed by atoms with Crippen molar-refractivity contribution in [1.82, 2.24) is 4.98 Å². The molecule has 1 aromatic heterocycles. The molecule has 0 aliphatic carbocycles. The van der Waals surface area contributed by atoms with Gasteiger partial charge in [-0.2, -0.15) is 0 Å². The minimum Gasteiger partial charge on any atom is -0.508 e. The standard InChI is InChI=1S/C13H11BN2O4/c17-9-20-14(19)11-5-3-4-10(8-11)13(18)16-12-6-1-2-7-15-12/h1-9,19H,(H,15,16,18). The van der Waals surface area contributed by atoms with Gasteiger partial charge in [0, 0.05) is 11.8 Å². The van der Waals surface area contributed by atoms with E-state index in [2.05, 4.69) is 15.0 Å². The van der Waals surface area contributed by atoms with Crippen LogP contribution in [0.4, 0.5) is 5.82 Å². The fourth-order valence-electron chi connectivity index (χ4n) is 1.59. The van der Waals surface area contributed by atoms with Crippen LogP contribution in [0.5, 0.6) is 0 Å². The molecule has 6 nitrogen and oxygen atoms in total. The van der Waals surface area contributed by atoms with Gasteiger partial charge in [0.1, 0.15) is 5.82 Å². The summed E-state index contributed by atoms with van der Waals surface area (Å²) >= 11 is 0. The lowest BCUT2D eigenvalue weighted by molar-refractivity contribution is -0.121. The molecule has 0 bridgehead atoms. The highest BCUT2D eigenvalue weighted by molar-refractivity contribution is 6.61. The Hall–Kier alpha value is -2.67. The molecule has 0 radical (unpaired) electrons. The Morgan fingerprint density at radius 1 is 1.30 bits per heavy atom. The minimum atomic E-state index is -1.39. The molecule has 1 aromatic carbocycles. The van der Waals surface area contributed by atoms with E-state index < -0.39 is 7.12 Å². The van der Waals surface area contributed by atoms with Crippen LogP contribution in [0.2, 0.25) is 0 Å². The summed E-state index contributed by atoms with van der Waals surface area (Å²) in [5.74, 6) is 0.0523. The average Bonchev–Trinajstić information content (AvgIpc) is 2.48. The molecular formula is C13H11BN2O4. The van der Waals surface area contributed by atoms with Gasteiger partial charge in [0.15, 0.2) is 0 Å². The van der Waals surface area contributed by atoms with Crippen molar-refractivity contribution in [3.05, 3.63) is 54.2 Å². The van der Waals surface area contributed by atoms with E-state index in [0.29, 0.717) is 16.8 Å². The van der Waals surface area contributed by atoms with Crippen LogP contribution in [-0.2, 0) is 9.45 Å². The van der Waals surface area contributed by atoms with Crippen LogP contribution in [0.25, 0.3) is 0 Å². The van der Waals surface area contributed by atoms with Crippen molar-refractivity contribution in [2.24, 2.45) is 0 Å². The number of hydrogen-bond donors (Lipinski definition) is 2. The minimum absolute atomic E-state index is 0.144. The van der Waals surface area contributed by atoms with E-state index in [4.69, 9.17) is 0 Å². The van der Waals surface area contributed by atoms with E-state index in [0.717, 1.165) is 0 Å². The molecule has 7 heteroatoms. The van der Waals surface area contributed by atoms with Crippen LogP contribution in [0.15, 0.2) is 48.7 Å². The van der Waals surface area contributed by atoms with Gasteiger partial charge in [-0.05, 0) is 29.7 Å². The van der Waals surface area contributed by atoms with Gasteiger partial charge < -0.3 is 15.0 Å². The molecule has 2 N–H and O–H groups in total. The highest BCUT2D eigenvalue weighted by Crippen LogP contribution is 2.05. The van der Waals surface area contributed by atoms with Crippen LogP contribution in [0, 0.1) is 0 Å². The van der Waals surface area contributed by atoms with E-state index in [1.54, 1.807) is 42.6 Å². The summed E-state index contributed by atoms with van der Waals surface area (Å²) in [6, 6.07) is 11.3. The Labute approximate surface area is 115 Å². The molecule has 0 aliphatic heterocycles. The zero-order chi connectivity index (χ0) is 14.4. The first-order valence-electron chi connectivity index (χ1n) is 5.80. The third-order valence-corrected chi connectivity index (χ3v) is 2.52. The number of pyridine rings is 1. The summed E-state index contributed by atoms with van der Waals surface area (Å²) in [5, 5.41) is 12.1. The summed E-state index contributed by atoms with van der Waals surface area (Å²) in [4.78, 5) is 26.2. The molecule has 2 rings (SSSR count). The molecule has 1 amide bonds. The van der Waals surface area contributed by atoms with Crippen LogP contribution >= 0.6 is 0 Å². The maximum absolute atomic E-state index is 12.0. The summed E-state index contributed by atoms with van der Waals surface area (Å²) in [5.41, 5.74) is 0.632. The van der Waals surface area contributed by atoms with E-state index in [1.807, 2.05) is 0 Å². The monoisotopic (exact) mass is 270 g/mol. The van der Waals surface area contributed by atoms with Gasteiger partial charge in [-0.3, -0.25) is 9.59 Å². The van der Waals surface area contributed by atoms with E-state index in [9.17, 15) is 14.6 Å².